The van der Waals surface area contributed by atoms with E-state index in [2.05, 4.69) is 15.3 Å². The number of hydrogen-bond acceptors (Lipinski definition) is 4. The summed E-state index contributed by atoms with van der Waals surface area (Å²) >= 11 is 12.2. The zero-order valence-corrected chi connectivity index (χ0v) is 18.1. The summed E-state index contributed by atoms with van der Waals surface area (Å²) in [6, 6.07) is 11.5. The average molecular weight is 482 g/mol. The molecule has 166 valence electrons. The lowest BCUT2D eigenvalue weighted by atomic mass is 10.1. The van der Waals surface area contributed by atoms with E-state index in [1.165, 1.54) is 28.1 Å². The number of alkyl halides is 3. The van der Waals surface area contributed by atoms with Crippen LogP contribution in [0.5, 0.6) is 0 Å². The summed E-state index contributed by atoms with van der Waals surface area (Å²) in [6.07, 6.45) is -3.04. The van der Waals surface area contributed by atoms with Crippen molar-refractivity contribution in [1.29, 1.82) is 0 Å². The molecule has 1 aliphatic rings. The SMILES string of the molecule is Cc1ccc(N2Cc3cnc(NCC(F)(F)F)nc3N(c3ccc(Cl)c(Cl)c3)C2=O)cc1. The Labute approximate surface area is 191 Å². The molecule has 0 saturated carbocycles. The number of aryl methyl sites for hydroxylation is 1. The number of halogens is 5. The van der Waals surface area contributed by atoms with Gasteiger partial charge in [0.2, 0.25) is 5.95 Å². The summed E-state index contributed by atoms with van der Waals surface area (Å²) in [6.45, 7) is 0.777. The molecule has 11 heteroatoms. The van der Waals surface area contributed by atoms with E-state index in [9.17, 15) is 18.0 Å². The Hall–Kier alpha value is -3.04. The summed E-state index contributed by atoms with van der Waals surface area (Å²) in [5, 5.41) is 2.66. The standard InChI is InChI=1S/C21H16Cl2F3N5O/c1-12-2-4-14(5-3-12)30-10-13-9-27-19(28-11-21(24,25)26)29-18(13)31(20(30)32)15-6-7-16(22)17(23)8-15/h2-9H,10-11H2,1H3,(H,27,28,29). The van der Waals surface area contributed by atoms with Gasteiger partial charge >= 0.3 is 12.2 Å². The molecular weight excluding hydrogens is 466 g/mol. The Bertz CT molecular complexity index is 1170. The fourth-order valence-corrected chi connectivity index (χ4v) is 3.49. The lowest BCUT2D eigenvalue weighted by molar-refractivity contribution is -0.115. The largest absolute Gasteiger partial charge is 0.405 e. The van der Waals surface area contributed by atoms with Crippen LogP contribution in [0.15, 0.2) is 48.7 Å². The Balaban J connectivity index is 1.79. The number of benzene rings is 2. The van der Waals surface area contributed by atoms with E-state index < -0.39 is 18.8 Å². The predicted molar refractivity (Wildman–Crippen MR) is 118 cm³/mol. The smallest absolute Gasteiger partial charge is 0.345 e. The molecule has 4 rings (SSSR count). The van der Waals surface area contributed by atoms with Crippen LogP contribution in [-0.4, -0.2) is 28.7 Å². The van der Waals surface area contributed by atoms with Gasteiger partial charge in [-0.3, -0.25) is 4.90 Å². The highest BCUT2D eigenvalue weighted by atomic mass is 35.5. The van der Waals surface area contributed by atoms with E-state index in [0.29, 0.717) is 22.0 Å². The Morgan fingerprint density at radius 1 is 1.06 bits per heavy atom. The second-order valence-electron chi connectivity index (χ2n) is 7.15. The van der Waals surface area contributed by atoms with Crippen LogP contribution in [0.1, 0.15) is 11.1 Å². The highest BCUT2D eigenvalue weighted by Gasteiger charge is 2.35. The van der Waals surface area contributed by atoms with E-state index in [4.69, 9.17) is 23.2 Å². The zero-order chi connectivity index (χ0) is 23.0. The molecule has 32 heavy (non-hydrogen) atoms. The molecular formula is C21H16Cl2F3N5O. The van der Waals surface area contributed by atoms with Crippen molar-refractivity contribution in [2.24, 2.45) is 0 Å². The van der Waals surface area contributed by atoms with Crippen LogP contribution in [0.4, 0.5) is 41.1 Å². The van der Waals surface area contributed by atoms with Gasteiger partial charge in [-0.2, -0.15) is 18.2 Å². The molecule has 6 nitrogen and oxygen atoms in total. The third-order valence-corrected chi connectivity index (χ3v) is 5.50. The van der Waals surface area contributed by atoms with Gasteiger partial charge in [-0.25, -0.2) is 14.7 Å². The molecule has 0 spiro atoms. The molecule has 2 amide bonds. The lowest BCUT2D eigenvalue weighted by Crippen LogP contribution is -2.45. The maximum atomic E-state index is 13.5. The molecule has 1 N–H and O–H groups in total. The monoisotopic (exact) mass is 481 g/mol. The van der Waals surface area contributed by atoms with Crippen LogP contribution in [-0.2, 0) is 6.54 Å². The number of hydrogen-bond donors (Lipinski definition) is 1. The highest BCUT2D eigenvalue weighted by molar-refractivity contribution is 6.42. The van der Waals surface area contributed by atoms with Crippen LogP contribution < -0.4 is 15.1 Å². The third-order valence-electron chi connectivity index (χ3n) is 4.76. The first-order valence-electron chi connectivity index (χ1n) is 9.42. The number of aromatic nitrogens is 2. The van der Waals surface area contributed by atoms with Crippen LogP contribution >= 0.6 is 23.2 Å². The van der Waals surface area contributed by atoms with Crippen molar-refractivity contribution in [2.75, 3.05) is 21.7 Å². The topological polar surface area (TPSA) is 61.4 Å². The molecule has 0 atom stereocenters. The Morgan fingerprint density at radius 3 is 2.41 bits per heavy atom. The van der Waals surface area contributed by atoms with Crippen molar-refractivity contribution < 1.29 is 18.0 Å². The van der Waals surface area contributed by atoms with Gasteiger partial charge in [0, 0.05) is 17.4 Å². The number of nitrogens with zero attached hydrogens (tertiary/aromatic N) is 4. The summed E-state index contributed by atoms with van der Waals surface area (Å²) in [5.41, 5.74) is 2.59. The van der Waals surface area contributed by atoms with Crippen LogP contribution in [0.2, 0.25) is 10.0 Å². The molecule has 0 saturated heterocycles. The van der Waals surface area contributed by atoms with Gasteiger partial charge in [-0.05, 0) is 37.3 Å². The summed E-state index contributed by atoms with van der Waals surface area (Å²) in [5.74, 6) is -0.0841. The van der Waals surface area contributed by atoms with Gasteiger partial charge in [0.05, 0.1) is 22.3 Å². The normalized spacial score (nSPS) is 13.9. The molecule has 2 aromatic carbocycles. The Kier molecular flexibility index (Phi) is 5.87. The van der Waals surface area contributed by atoms with Crippen molar-refractivity contribution >= 4 is 52.4 Å². The molecule has 0 unspecified atom stereocenters. The van der Waals surface area contributed by atoms with Gasteiger partial charge in [-0.15, -0.1) is 0 Å². The van der Waals surface area contributed by atoms with E-state index >= 15 is 0 Å². The number of fused-ring (bicyclic) bond motifs is 1. The van der Waals surface area contributed by atoms with E-state index in [0.717, 1.165) is 5.56 Å². The zero-order valence-electron chi connectivity index (χ0n) is 16.6. The number of amides is 2. The molecule has 1 aliphatic heterocycles. The summed E-state index contributed by atoms with van der Waals surface area (Å²) in [4.78, 5) is 24.5. The molecule has 3 aromatic rings. The average Bonchev–Trinajstić information content (AvgIpc) is 2.74. The van der Waals surface area contributed by atoms with Crippen molar-refractivity contribution in [1.82, 2.24) is 9.97 Å². The van der Waals surface area contributed by atoms with E-state index in [1.807, 2.05) is 31.2 Å². The first-order valence-corrected chi connectivity index (χ1v) is 10.2. The second kappa shape index (κ2) is 8.48. The fraction of sp³-hybridized carbons (Fsp3) is 0.190. The minimum atomic E-state index is -4.44. The molecule has 0 aliphatic carbocycles. The third kappa shape index (κ3) is 4.58. The van der Waals surface area contributed by atoms with Crippen molar-refractivity contribution in [3.05, 3.63) is 69.8 Å². The number of carbonyl (C=O) groups is 1. The van der Waals surface area contributed by atoms with E-state index in [-0.39, 0.29) is 23.3 Å². The first-order chi connectivity index (χ1) is 15.1. The van der Waals surface area contributed by atoms with Gasteiger partial charge in [0.25, 0.3) is 0 Å². The lowest BCUT2D eigenvalue weighted by Gasteiger charge is -2.36. The Morgan fingerprint density at radius 2 is 1.75 bits per heavy atom. The fourth-order valence-electron chi connectivity index (χ4n) is 3.20. The van der Waals surface area contributed by atoms with Crippen LogP contribution in [0, 0.1) is 6.92 Å². The van der Waals surface area contributed by atoms with Crippen molar-refractivity contribution in [2.45, 2.75) is 19.6 Å². The summed E-state index contributed by atoms with van der Waals surface area (Å²) < 4.78 is 37.9. The number of rotatable bonds is 4. The van der Waals surface area contributed by atoms with Crippen LogP contribution in [0.25, 0.3) is 0 Å². The predicted octanol–water partition coefficient (Wildman–Crippen LogP) is 6.34. The second-order valence-corrected chi connectivity index (χ2v) is 7.96. The maximum Gasteiger partial charge on any atom is 0.405 e. The number of urea groups is 1. The van der Waals surface area contributed by atoms with Crippen molar-refractivity contribution in [3.8, 4) is 0 Å². The van der Waals surface area contributed by atoms with Gasteiger partial charge in [-0.1, -0.05) is 40.9 Å². The van der Waals surface area contributed by atoms with Crippen molar-refractivity contribution in [3.63, 3.8) is 0 Å². The van der Waals surface area contributed by atoms with Gasteiger partial charge in [0.1, 0.15) is 6.54 Å². The first kappa shape index (κ1) is 22.2. The van der Waals surface area contributed by atoms with E-state index in [1.54, 1.807) is 6.07 Å². The summed E-state index contributed by atoms with van der Waals surface area (Å²) in [7, 11) is 0. The van der Waals surface area contributed by atoms with Gasteiger partial charge in [0.15, 0.2) is 5.82 Å². The minimum Gasteiger partial charge on any atom is -0.345 e. The number of carbonyl (C=O) groups excluding carboxylic acids is 1. The number of nitrogens with one attached hydrogen (secondary N) is 1. The molecule has 0 radical (unpaired) electrons. The van der Waals surface area contributed by atoms with Crippen LogP contribution in [0.3, 0.4) is 0 Å². The molecule has 1 aromatic heterocycles. The molecule has 2 heterocycles. The number of anilines is 4. The minimum absolute atomic E-state index is 0.147. The molecule has 0 bridgehead atoms. The quantitative estimate of drug-likeness (QED) is 0.471. The van der Waals surface area contributed by atoms with Gasteiger partial charge < -0.3 is 5.32 Å². The molecule has 0 fully saturated rings. The highest BCUT2D eigenvalue weighted by Crippen LogP contribution is 2.38. The maximum absolute atomic E-state index is 13.5.